The molecule has 4 aromatic rings. The lowest BCUT2D eigenvalue weighted by Gasteiger charge is -2.08. The van der Waals surface area contributed by atoms with E-state index in [1.807, 2.05) is 84.9 Å². The first-order valence-electron chi connectivity index (χ1n) is 9.87. The number of carbonyl (C=O) groups excluding carboxylic acids is 1. The molecule has 6 heteroatoms. The van der Waals surface area contributed by atoms with Gasteiger partial charge in [0, 0.05) is 23.3 Å². The first-order valence-corrected chi connectivity index (χ1v) is 9.87. The highest BCUT2D eigenvalue weighted by Crippen LogP contribution is 2.21. The summed E-state index contributed by atoms with van der Waals surface area (Å²) in [5.41, 5.74) is 4.02. The molecule has 0 saturated carbocycles. The van der Waals surface area contributed by atoms with Gasteiger partial charge in [0.25, 0.3) is 5.69 Å². The molecule has 0 bridgehead atoms. The Morgan fingerprint density at radius 3 is 1.91 bits per heavy atom. The monoisotopic (exact) mass is 422 g/mol. The minimum atomic E-state index is -0.775. The molecule has 4 rings (SSSR count). The average molecular weight is 422 g/mol. The van der Waals surface area contributed by atoms with Crippen molar-refractivity contribution in [3.05, 3.63) is 136 Å². The minimum absolute atomic E-state index is 0.0507. The summed E-state index contributed by atoms with van der Waals surface area (Å²) in [7, 11) is 0. The Hall–Kier alpha value is -4.58. The van der Waals surface area contributed by atoms with E-state index in [9.17, 15) is 14.9 Å². The maximum atomic E-state index is 12.5. The van der Waals surface area contributed by atoms with E-state index in [1.54, 1.807) is 0 Å². The zero-order chi connectivity index (χ0) is 22.3. The van der Waals surface area contributed by atoms with Gasteiger partial charge in [-0.05, 0) is 17.2 Å². The van der Waals surface area contributed by atoms with Gasteiger partial charge in [-0.3, -0.25) is 10.1 Å². The molecule has 0 radical (unpaired) electrons. The Labute approximate surface area is 184 Å². The van der Waals surface area contributed by atoms with Gasteiger partial charge in [-0.2, -0.15) is 0 Å². The Bertz CT molecular complexity index is 1270. The number of nitro benzene ring substituents is 1. The van der Waals surface area contributed by atoms with Crippen LogP contribution in [0.4, 0.5) is 5.69 Å². The maximum absolute atomic E-state index is 12.5. The molecule has 0 aliphatic rings. The van der Waals surface area contributed by atoms with Crippen LogP contribution in [0.15, 0.2) is 114 Å². The number of carbonyl (C=O) groups is 1. The van der Waals surface area contributed by atoms with Crippen LogP contribution in [0.2, 0.25) is 0 Å². The van der Waals surface area contributed by atoms with Gasteiger partial charge in [-0.1, -0.05) is 96.2 Å². The molecular weight excluding hydrogens is 404 g/mol. The summed E-state index contributed by atoms with van der Waals surface area (Å²) in [5, 5.41) is 15.1. The molecule has 0 aliphatic heterocycles. The van der Waals surface area contributed by atoms with Crippen molar-refractivity contribution in [2.24, 2.45) is 5.16 Å². The van der Waals surface area contributed by atoms with Crippen LogP contribution < -0.4 is 0 Å². The van der Waals surface area contributed by atoms with E-state index in [1.165, 1.54) is 18.2 Å². The van der Waals surface area contributed by atoms with Crippen molar-refractivity contribution >= 4 is 17.4 Å². The highest BCUT2D eigenvalue weighted by atomic mass is 16.7. The Morgan fingerprint density at radius 2 is 1.25 bits per heavy atom. The molecule has 0 unspecified atom stereocenters. The van der Waals surface area contributed by atoms with E-state index >= 15 is 0 Å². The van der Waals surface area contributed by atoms with Gasteiger partial charge in [0.15, 0.2) is 0 Å². The first-order chi connectivity index (χ1) is 15.6. The second-order valence-corrected chi connectivity index (χ2v) is 6.94. The SMILES string of the molecule is O=C(ON=C(c1ccccc1)c1ccc(-c2ccccc2)cc1)c1cccc([N+](=O)[O-])c1. The number of benzene rings is 4. The Balaban J connectivity index is 1.64. The zero-order valence-electron chi connectivity index (χ0n) is 16.9. The van der Waals surface area contributed by atoms with Crippen LogP contribution in [-0.4, -0.2) is 16.6 Å². The van der Waals surface area contributed by atoms with Crippen molar-refractivity contribution in [1.29, 1.82) is 0 Å². The molecule has 0 heterocycles. The molecular formula is C26H18N2O4. The van der Waals surface area contributed by atoms with Gasteiger partial charge in [0.1, 0.15) is 5.71 Å². The number of nitrogens with zero attached hydrogens (tertiary/aromatic N) is 2. The lowest BCUT2D eigenvalue weighted by atomic mass is 9.99. The van der Waals surface area contributed by atoms with Gasteiger partial charge >= 0.3 is 5.97 Å². The molecule has 0 fully saturated rings. The summed E-state index contributed by atoms with van der Waals surface area (Å²) in [6.45, 7) is 0. The third-order valence-corrected chi connectivity index (χ3v) is 4.83. The minimum Gasteiger partial charge on any atom is -0.312 e. The molecule has 0 atom stereocenters. The van der Waals surface area contributed by atoms with Gasteiger partial charge in [0.05, 0.1) is 10.5 Å². The third-order valence-electron chi connectivity index (χ3n) is 4.83. The van der Waals surface area contributed by atoms with E-state index in [-0.39, 0.29) is 11.3 Å². The fraction of sp³-hybridized carbons (Fsp3) is 0. The number of rotatable bonds is 6. The summed E-state index contributed by atoms with van der Waals surface area (Å²) in [5.74, 6) is -0.775. The van der Waals surface area contributed by atoms with Crippen LogP contribution in [0, 0.1) is 10.1 Å². The molecule has 4 aromatic carbocycles. The van der Waals surface area contributed by atoms with Crippen LogP contribution in [0.1, 0.15) is 21.5 Å². The molecule has 0 amide bonds. The van der Waals surface area contributed by atoms with E-state index in [0.717, 1.165) is 28.3 Å². The van der Waals surface area contributed by atoms with Crippen LogP contribution in [0.3, 0.4) is 0 Å². The van der Waals surface area contributed by atoms with E-state index < -0.39 is 10.9 Å². The van der Waals surface area contributed by atoms with Gasteiger partial charge in [-0.25, -0.2) is 4.79 Å². The predicted molar refractivity (Wildman–Crippen MR) is 122 cm³/mol. The molecule has 0 spiro atoms. The van der Waals surface area contributed by atoms with Crippen molar-refractivity contribution in [1.82, 2.24) is 0 Å². The van der Waals surface area contributed by atoms with Crippen LogP contribution in [0.5, 0.6) is 0 Å². The van der Waals surface area contributed by atoms with Crippen molar-refractivity contribution in [2.45, 2.75) is 0 Å². The topological polar surface area (TPSA) is 81.8 Å². The fourth-order valence-corrected chi connectivity index (χ4v) is 3.21. The Kier molecular flexibility index (Phi) is 6.13. The molecule has 32 heavy (non-hydrogen) atoms. The number of hydrogen-bond donors (Lipinski definition) is 0. The molecule has 0 aliphatic carbocycles. The Morgan fingerprint density at radius 1 is 0.688 bits per heavy atom. The number of oxime groups is 1. The van der Waals surface area contributed by atoms with Crippen molar-refractivity contribution < 1.29 is 14.6 Å². The highest BCUT2D eigenvalue weighted by molar-refractivity contribution is 6.13. The van der Waals surface area contributed by atoms with Crippen molar-refractivity contribution in [3.63, 3.8) is 0 Å². The number of non-ortho nitro benzene ring substituents is 1. The second-order valence-electron chi connectivity index (χ2n) is 6.94. The smallest absolute Gasteiger partial charge is 0.312 e. The summed E-state index contributed by atoms with van der Waals surface area (Å²) in [4.78, 5) is 28.1. The van der Waals surface area contributed by atoms with E-state index in [4.69, 9.17) is 4.84 Å². The molecule has 156 valence electrons. The van der Waals surface area contributed by atoms with Gasteiger partial charge in [-0.15, -0.1) is 0 Å². The van der Waals surface area contributed by atoms with Crippen LogP contribution >= 0.6 is 0 Å². The zero-order valence-corrected chi connectivity index (χ0v) is 16.9. The lowest BCUT2D eigenvalue weighted by Crippen LogP contribution is -2.08. The summed E-state index contributed by atoms with van der Waals surface area (Å²) in [6, 6.07) is 32.5. The van der Waals surface area contributed by atoms with Crippen LogP contribution in [-0.2, 0) is 4.84 Å². The summed E-state index contributed by atoms with van der Waals surface area (Å²) < 4.78 is 0. The average Bonchev–Trinajstić information content (AvgIpc) is 2.85. The van der Waals surface area contributed by atoms with Crippen LogP contribution in [0.25, 0.3) is 11.1 Å². The standard InChI is InChI=1S/C26H18N2O4/c29-26(23-12-7-13-24(18-23)28(30)31)32-27-25(21-10-5-2-6-11-21)22-16-14-20(15-17-22)19-8-3-1-4-9-19/h1-18H. The summed E-state index contributed by atoms with van der Waals surface area (Å²) in [6.07, 6.45) is 0. The fourth-order valence-electron chi connectivity index (χ4n) is 3.21. The maximum Gasteiger partial charge on any atom is 0.366 e. The molecule has 0 N–H and O–H groups in total. The molecule has 6 nitrogen and oxygen atoms in total. The summed E-state index contributed by atoms with van der Waals surface area (Å²) >= 11 is 0. The van der Waals surface area contributed by atoms with Crippen molar-refractivity contribution in [3.8, 4) is 11.1 Å². The number of hydrogen-bond acceptors (Lipinski definition) is 5. The molecule has 0 aromatic heterocycles. The number of nitro groups is 1. The van der Waals surface area contributed by atoms with Gasteiger partial charge in [0.2, 0.25) is 0 Å². The largest absolute Gasteiger partial charge is 0.366 e. The van der Waals surface area contributed by atoms with E-state index in [0.29, 0.717) is 5.71 Å². The predicted octanol–water partition coefficient (Wildman–Crippen LogP) is 5.87. The van der Waals surface area contributed by atoms with Crippen molar-refractivity contribution in [2.75, 3.05) is 0 Å². The normalized spacial score (nSPS) is 11.1. The highest BCUT2D eigenvalue weighted by Gasteiger charge is 2.15. The second kappa shape index (κ2) is 9.49. The van der Waals surface area contributed by atoms with Gasteiger partial charge < -0.3 is 4.84 Å². The first kappa shape index (κ1) is 20.7. The van der Waals surface area contributed by atoms with E-state index in [2.05, 4.69) is 5.16 Å². The quantitative estimate of drug-likeness (QED) is 0.168. The lowest BCUT2D eigenvalue weighted by molar-refractivity contribution is -0.384. The third kappa shape index (κ3) is 4.76. The molecule has 0 saturated heterocycles.